The van der Waals surface area contributed by atoms with Gasteiger partial charge < -0.3 is 9.88 Å². The monoisotopic (exact) mass is 275 g/mol. The van der Waals surface area contributed by atoms with Crippen LogP contribution in [0.25, 0.3) is 0 Å². The van der Waals surface area contributed by atoms with Crippen LogP contribution in [-0.4, -0.2) is 26.0 Å². The first-order valence-electron chi connectivity index (χ1n) is 5.99. The van der Waals surface area contributed by atoms with Gasteiger partial charge in [-0.25, -0.2) is 4.98 Å². The van der Waals surface area contributed by atoms with E-state index in [-0.39, 0.29) is 0 Å². The van der Waals surface area contributed by atoms with Gasteiger partial charge in [-0.1, -0.05) is 0 Å². The number of nitrogens with one attached hydrogen (secondary N) is 1. The molecule has 0 saturated heterocycles. The van der Waals surface area contributed by atoms with Gasteiger partial charge in [0.1, 0.15) is 5.82 Å². The molecule has 2 heterocycles. The Balaban J connectivity index is 2.19. The lowest BCUT2D eigenvalue weighted by Crippen LogP contribution is -2.12. The van der Waals surface area contributed by atoms with Crippen molar-refractivity contribution in [2.45, 2.75) is 13.5 Å². The molecule has 20 heavy (non-hydrogen) atoms. The molecule has 2 aromatic heterocycles. The minimum atomic E-state index is -0.696. The molecule has 0 aliphatic heterocycles. The molecule has 0 fully saturated rings. The average molecular weight is 275 g/mol. The predicted molar refractivity (Wildman–Crippen MR) is 72.7 cm³/mol. The Bertz CT molecular complexity index is 666. The Labute approximate surface area is 114 Å². The van der Waals surface area contributed by atoms with E-state index in [9.17, 15) is 14.9 Å². The van der Waals surface area contributed by atoms with Crippen LogP contribution in [0.2, 0.25) is 0 Å². The Morgan fingerprint density at radius 1 is 1.40 bits per heavy atom. The van der Waals surface area contributed by atoms with E-state index in [0.717, 1.165) is 6.54 Å². The summed E-state index contributed by atoms with van der Waals surface area (Å²) in [5, 5.41) is 13.7. The van der Waals surface area contributed by atoms with E-state index in [1.54, 1.807) is 12.4 Å². The molecule has 0 aliphatic carbocycles. The maximum Gasteiger partial charge on any atom is 0.332 e. The highest BCUT2D eigenvalue weighted by Crippen LogP contribution is 2.06. The second-order valence-electron chi connectivity index (χ2n) is 4.05. The van der Waals surface area contributed by atoms with Crippen molar-refractivity contribution in [1.82, 2.24) is 14.5 Å². The summed E-state index contributed by atoms with van der Waals surface area (Å²) in [4.78, 5) is 29.6. The van der Waals surface area contributed by atoms with Gasteiger partial charge in [-0.3, -0.25) is 19.9 Å². The van der Waals surface area contributed by atoms with Crippen LogP contribution in [0.1, 0.15) is 12.6 Å². The molecule has 1 N–H and O–H groups in total. The zero-order valence-electron chi connectivity index (χ0n) is 10.8. The Kier molecular flexibility index (Phi) is 4.04. The summed E-state index contributed by atoms with van der Waals surface area (Å²) in [5.41, 5.74) is -0.422. The maximum atomic E-state index is 11.3. The third kappa shape index (κ3) is 3.16. The summed E-state index contributed by atoms with van der Waals surface area (Å²) >= 11 is 0. The lowest BCUT2D eigenvalue weighted by atomic mass is 10.3. The predicted octanol–water partition coefficient (Wildman–Crippen LogP) is 1.03. The van der Waals surface area contributed by atoms with Crippen LogP contribution in [0.15, 0.2) is 35.6 Å². The number of nitrogens with zero attached hydrogens (tertiary/aromatic N) is 4. The molecule has 8 nitrogen and oxygen atoms in total. The number of anilines is 1. The van der Waals surface area contributed by atoms with Crippen LogP contribution in [-0.2, 0) is 6.54 Å². The number of hydrogen-bond donors (Lipinski definition) is 1. The van der Waals surface area contributed by atoms with Crippen LogP contribution in [0.3, 0.4) is 0 Å². The van der Waals surface area contributed by atoms with Gasteiger partial charge in [-0.15, -0.1) is 0 Å². The van der Waals surface area contributed by atoms with Gasteiger partial charge in [-0.2, -0.15) is 0 Å². The number of pyridine rings is 1. The number of rotatable bonds is 5. The zero-order chi connectivity index (χ0) is 14.5. The fourth-order valence-corrected chi connectivity index (χ4v) is 1.64. The lowest BCUT2D eigenvalue weighted by Gasteiger charge is -2.06. The van der Waals surface area contributed by atoms with Crippen molar-refractivity contribution in [3.63, 3.8) is 0 Å². The molecule has 0 atom stereocenters. The Hall–Kier alpha value is -2.77. The third-order valence-corrected chi connectivity index (χ3v) is 2.56. The van der Waals surface area contributed by atoms with Crippen molar-refractivity contribution < 1.29 is 4.92 Å². The standard InChI is InChI=1S/C12H13N5O3/c1-2-13-12-6-14-9(5-15-12)7-16-4-3-11(18)10(8-16)17(19)20/h3-6,8H,2,7H2,1H3,(H,13,15). The zero-order valence-corrected chi connectivity index (χ0v) is 10.8. The molecular formula is C12H13N5O3. The fourth-order valence-electron chi connectivity index (χ4n) is 1.64. The molecular weight excluding hydrogens is 262 g/mol. The molecule has 8 heteroatoms. The molecule has 0 saturated carbocycles. The van der Waals surface area contributed by atoms with Gasteiger partial charge in [0.25, 0.3) is 5.43 Å². The fraction of sp³-hybridized carbons (Fsp3) is 0.250. The quantitative estimate of drug-likeness (QED) is 0.645. The molecule has 2 aromatic rings. The van der Waals surface area contributed by atoms with Crippen LogP contribution < -0.4 is 10.7 Å². The second kappa shape index (κ2) is 5.91. The van der Waals surface area contributed by atoms with Gasteiger partial charge in [0.05, 0.1) is 35.8 Å². The summed E-state index contributed by atoms with van der Waals surface area (Å²) in [5.74, 6) is 0.669. The maximum absolute atomic E-state index is 11.3. The van der Waals surface area contributed by atoms with Crippen molar-refractivity contribution in [2.24, 2.45) is 0 Å². The smallest absolute Gasteiger partial charge is 0.332 e. The molecule has 0 aliphatic rings. The number of nitro groups is 1. The molecule has 0 aromatic carbocycles. The van der Waals surface area contributed by atoms with E-state index >= 15 is 0 Å². The number of hydrogen-bond acceptors (Lipinski definition) is 6. The van der Waals surface area contributed by atoms with E-state index in [1.807, 2.05) is 6.92 Å². The van der Waals surface area contributed by atoms with Gasteiger partial charge in [0.15, 0.2) is 0 Å². The van der Waals surface area contributed by atoms with Crippen molar-refractivity contribution in [1.29, 1.82) is 0 Å². The van der Waals surface area contributed by atoms with E-state index in [0.29, 0.717) is 18.1 Å². The number of aromatic nitrogens is 3. The summed E-state index contributed by atoms with van der Waals surface area (Å²) in [7, 11) is 0. The SMILES string of the molecule is CCNc1cnc(Cn2ccc(=O)c([N+](=O)[O-])c2)cn1. The Morgan fingerprint density at radius 3 is 2.80 bits per heavy atom. The summed E-state index contributed by atoms with van der Waals surface area (Å²) < 4.78 is 1.52. The molecule has 0 spiro atoms. The van der Waals surface area contributed by atoms with Crippen molar-refractivity contribution >= 4 is 11.5 Å². The average Bonchev–Trinajstić information content (AvgIpc) is 2.43. The molecule has 104 valence electrons. The van der Waals surface area contributed by atoms with Crippen LogP contribution in [0.4, 0.5) is 11.5 Å². The van der Waals surface area contributed by atoms with Crippen molar-refractivity contribution in [3.05, 3.63) is 56.9 Å². The normalized spacial score (nSPS) is 10.2. The van der Waals surface area contributed by atoms with Gasteiger partial charge in [-0.05, 0) is 6.92 Å². The largest absolute Gasteiger partial charge is 0.369 e. The van der Waals surface area contributed by atoms with Crippen LogP contribution in [0, 0.1) is 10.1 Å². The van der Waals surface area contributed by atoms with Gasteiger partial charge in [0, 0.05) is 18.8 Å². The second-order valence-corrected chi connectivity index (χ2v) is 4.05. The molecule has 2 rings (SSSR count). The molecule has 0 amide bonds. The summed E-state index contributed by atoms with van der Waals surface area (Å²) in [6, 6.07) is 1.17. The van der Waals surface area contributed by atoms with Crippen LogP contribution in [0.5, 0.6) is 0 Å². The van der Waals surface area contributed by atoms with E-state index in [1.165, 1.54) is 23.0 Å². The van der Waals surface area contributed by atoms with Crippen molar-refractivity contribution in [2.75, 3.05) is 11.9 Å². The van der Waals surface area contributed by atoms with E-state index in [4.69, 9.17) is 0 Å². The highest BCUT2D eigenvalue weighted by Gasteiger charge is 2.11. The highest BCUT2D eigenvalue weighted by molar-refractivity contribution is 5.30. The highest BCUT2D eigenvalue weighted by atomic mass is 16.6. The summed E-state index contributed by atoms with van der Waals surface area (Å²) in [6.07, 6.45) is 5.86. The first-order chi connectivity index (χ1) is 9.60. The summed E-state index contributed by atoms with van der Waals surface area (Å²) in [6.45, 7) is 3.01. The topological polar surface area (TPSA) is 103 Å². The minimum absolute atomic E-state index is 0.306. The minimum Gasteiger partial charge on any atom is -0.369 e. The van der Waals surface area contributed by atoms with Gasteiger partial charge >= 0.3 is 5.69 Å². The van der Waals surface area contributed by atoms with Crippen molar-refractivity contribution in [3.8, 4) is 0 Å². The molecule has 0 radical (unpaired) electrons. The lowest BCUT2D eigenvalue weighted by molar-refractivity contribution is -0.386. The molecule has 0 unspecified atom stereocenters. The van der Waals surface area contributed by atoms with Gasteiger partial charge in [0.2, 0.25) is 0 Å². The van der Waals surface area contributed by atoms with Crippen LogP contribution >= 0.6 is 0 Å². The molecule has 0 bridgehead atoms. The van der Waals surface area contributed by atoms with E-state index < -0.39 is 16.0 Å². The van der Waals surface area contributed by atoms with E-state index in [2.05, 4.69) is 15.3 Å². The first-order valence-corrected chi connectivity index (χ1v) is 5.99. The Morgan fingerprint density at radius 2 is 2.20 bits per heavy atom. The first kappa shape index (κ1) is 13.7. The third-order valence-electron chi connectivity index (χ3n) is 2.56.